The lowest BCUT2D eigenvalue weighted by Crippen LogP contribution is -2.39. The number of carbonyl (C=O) groups is 2. The maximum Gasteiger partial charge on any atom is 0.328 e. The first-order valence-corrected chi connectivity index (χ1v) is 5.57. The monoisotopic (exact) mass is 268 g/mol. The van der Waals surface area contributed by atoms with Crippen molar-refractivity contribution < 1.29 is 19.1 Å². The van der Waals surface area contributed by atoms with Crippen LogP contribution in [0.25, 0.3) is 0 Å². The standard InChI is InChI=1S/C10H14Cl2O4/c1-4-15-8(13)10(3,7(12)6-11)9(14)16-5-2/h6H,4-5H2,1-3H3/b7-6-. The van der Waals surface area contributed by atoms with Gasteiger partial charge >= 0.3 is 11.9 Å². The molecule has 0 fully saturated rings. The van der Waals surface area contributed by atoms with Crippen molar-refractivity contribution in [3.05, 3.63) is 10.6 Å². The molecule has 0 aromatic carbocycles. The summed E-state index contributed by atoms with van der Waals surface area (Å²) in [6, 6.07) is 0. The molecule has 0 saturated carbocycles. The van der Waals surface area contributed by atoms with Crippen LogP contribution in [0.4, 0.5) is 0 Å². The van der Waals surface area contributed by atoms with Gasteiger partial charge in [0.2, 0.25) is 0 Å². The van der Waals surface area contributed by atoms with Crippen molar-refractivity contribution in [1.82, 2.24) is 0 Å². The van der Waals surface area contributed by atoms with Gasteiger partial charge in [0.05, 0.1) is 18.2 Å². The van der Waals surface area contributed by atoms with E-state index in [0.29, 0.717) is 0 Å². The van der Waals surface area contributed by atoms with Gasteiger partial charge in [-0.2, -0.15) is 0 Å². The number of ether oxygens (including phenoxy) is 2. The molecule has 0 aliphatic carbocycles. The highest BCUT2D eigenvalue weighted by molar-refractivity contribution is 6.40. The smallest absolute Gasteiger partial charge is 0.328 e. The third-order valence-corrected chi connectivity index (χ3v) is 2.76. The van der Waals surface area contributed by atoms with Crippen LogP contribution in [0.1, 0.15) is 20.8 Å². The molecule has 0 aliphatic rings. The number of carbonyl (C=O) groups excluding carboxylic acids is 2. The van der Waals surface area contributed by atoms with E-state index in [1.54, 1.807) is 13.8 Å². The summed E-state index contributed by atoms with van der Waals surface area (Å²) in [4.78, 5) is 23.3. The van der Waals surface area contributed by atoms with Crippen LogP contribution in [-0.4, -0.2) is 25.2 Å². The second kappa shape index (κ2) is 6.76. The molecule has 0 bridgehead atoms. The Labute approximate surface area is 104 Å². The summed E-state index contributed by atoms with van der Waals surface area (Å²) in [5.41, 5.74) is -0.745. The van der Waals surface area contributed by atoms with E-state index in [-0.39, 0.29) is 18.2 Å². The van der Waals surface area contributed by atoms with E-state index in [9.17, 15) is 9.59 Å². The maximum atomic E-state index is 11.7. The van der Waals surface area contributed by atoms with Crippen molar-refractivity contribution in [2.45, 2.75) is 20.8 Å². The number of hydrogen-bond acceptors (Lipinski definition) is 4. The number of hydrogen-bond donors (Lipinski definition) is 0. The van der Waals surface area contributed by atoms with Gasteiger partial charge in [0.25, 0.3) is 0 Å². The van der Waals surface area contributed by atoms with E-state index >= 15 is 0 Å². The molecule has 0 spiro atoms. The summed E-state index contributed by atoms with van der Waals surface area (Å²) in [5, 5.41) is -0.133. The zero-order valence-electron chi connectivity index (χ0n) is 9.38. The van der Waals surface area contributed by atoms with Crippen LogP contribution in [0.5, 0.6) is 0 Å². The van der Waals surface area contributed by atoms with E-state index in [2.05, 4.69) is 0 Å². The van der Waals surface area contributed by atoms with E-state index < -0.39 is 17.4 Å². The zero-order valence-corrected chi connectivity index (χ0v) is 10.9. The Morgan fingerprint density at radius 3 is 1.81 bits per heavy atom. The predicted octanol–water partition coefficient (Wildman–Crippen LogP) is 2.44. The molecular formula is C10H14Cl2O4. The molecule has 16 heavy (non-hydrogen) atoms. The molecule has 0 aromatic rings. The molecule has 0 atom stereocenters. The second-order valence-electron chi connectivity index (χ2n) is 3.02. The molecule has 92 valence electrons. The van der Waals surface area contributed by atoms with Gasteiger partial charge in [-0.1, -0.05) is 23.2 Å². The van der Waals surface area contributed by atoms with Crippen LogP contribution in [0, 0.1) is 5.41 Å². The average molecular weight is 269 g/mol. The van der Waals surface area contributed by atoms with Crippen LogP contribution in [0.2, 0.25) is 0 Å². The number of halogens is 2. The zero-order chi connectivity index (χ0) is 12.8. The van der Waals surface area contributed by atoms with Crippen molar-refractivity contribution >= 4 is 35.1 Å². The van der Waals surface area contributed by atoms with Crippen LogP contribution >= 0.6 is 23.2 Å². The Balaban J connectivity index is 5.19. The lowest BCUT2D eigenvalue weighted by molar-refractivity contribution is -0.167. The van der Waals surface area contributed by atoms with Crippen molar-refractivity contribution in [2.24, 2.45) is 5.41 Å². The third kappa shape index (κ3) is 3.12. The van der Waals surface area contributed by atoms with Crippen LogP contribution < -0.4 is 0 Å². The summed E-state index contributed by atoms with van der Waals surface area (Å²) in [5.74, 6) is -1.56. The SMILES string of the molecule is CCOC(=O)C(C)(C(=O)OCC)/C(Cl)=C/Cl. The van der Waals surface area contributed by atoms with Crippen molar-refractivity contribution in [3.8, 4) is 0 Å². The van der Waals surface area contributed by atoms with Gasteiger partial charge in [0.1, 0.15) is 0 Å². The van der Waals surface area contributed by atoms with Crippen LogP contribution in [-0.2, 0) is 19.1 Å². The van der Waals surface area contributed by atoms with E-state index in [0.717, 1.165) is 5.54 Å². The van der Waals surface area contributed by atoms with E-state index in [4.69, 9.17) is 32.7 Å². The largest absolute Gasteiger partial charge is 0.465 e. The summed E-state index contributed by atoms with van der Waals surface area (Å²) < 4.78 is 9.55. The summed E-state index contributed by atoms with van der Waals surface area (Å²) in [7, 11) is 0. The lowest BCUT2D eigenvalue weighted by Gasteiger charge is -2.23. The maximum absolute atomic E-state index is 11.7. The van der Waals surface area contributed by atoms with Gasteiger partial charge in [-0.25, -0.2) is 0 Å². The van der Waals surface area contributed by atoms with E-state index in [1.807, 2.05) is 0 Å². The fourth-order valence-corrected chi connectivity index (χ4v) is 1.31. The van der Waals surface area contributed by atoms with Gasteiger partial charge in [0.15, 0.2) is 5.41 Å². The predicted molar refractivity (Wildman–Crippen MR) is 61.2 cm³/mol. The van der Waals surface area contributed by atoms with Crippen molar-refractivity contribution in [1.29, 1.82) is 0 Å². The van der Waals surface area contributed by atoms with Gasteiger partial charge in [-0.3, -0.25) is 9.59 Å². The number of esters is 2. The first-order chi connectivity index (χ1) is 7.44. The van der Waals surface area contributed by atoms with Gasteiger partial charge < -0.3 is 9.47 Å². The Morgan fingerprint density at radius 2 is 1.56 bits per heavy atom. The Morgan fingerprint density at radius 1 is 1.19 bits per heavy atom. The Bertz CT molecular complexity index is 281. The summed E-state index contributed by atoms with van der Waals surface area (Å²) in [6.07, 6.45) is 0. The van der Waals surface area contributed by atoms with Crippen LogP contribution in [0.15, 0.2) is 10.6 Å². The minimum atomic E-state index is -1.70. The highest BCUT2D eigenvalue weighted by atomic mass is 35.5. The highest BCUT2D eigenvalue weighted by Gasteiger charge is 2.47. The first kappa shape index (κ1) is 15.3. The normalized spacial score (nSPS) is 12.2. The molecule has 0 aromatic heterocycles. The van der Waals surface area contributed by atoms with Gasteiger partial charge in [-0.15, -0.1) is 0 Å². The molecule has 0 heterocycles. The first-order valence-electron chi connectivity index (χ1n) is 4.75. The average Bonchev–Trinajstić information content (AvgIpc) is 2.27. The lowest BCUT2D eigenvalue weighted by atomic mass is 9.91. The molecule has 0 unspecified atom stereocenters. The molecule has 6 heteroatoms. The fraction of sp³-hybridized carbons (Fsp3) is 0.600. The minimum Gasteiger partial charge on any atom is -0.465 e. The Kier molecular flexibility index (Phi) is 6.45. The molecule has 0 rings (SSSR count). The third-order valence-electron chi connectivity index (χ3n) is 1.94. The van der Waals surface area contributed by atoms with Crippen LogP contribution in [0.3, 0.4) is 0 Å². The topological polar surface area (TPSA) is 52.6 Å². The van der Waals surface area contributed by atoms with Gasteiger partial charge in [-0.05, 0) is 20.8 Å². The summed E-state index contributed by atoms with van der Waals surface area (Å²) >= 11 is 11.2. The quantitative estimate of drug-likeness (QED) is 0.568. The van der Waals surface area contributed by atoms with E-state index in [1.165, 1.54) is 6.92 Å². The van der Waals surface area contributed by atoms with Crippen molar-refractivity contribution in [3.63, 3.8) is 0 Å². The minimum absolute atomic E-state index is 0.133. The molecule has 0 saturated heterocycles. The molecular weight excluding hydrogens is 255 g/mol. The molecule has 0 amide bonds. The van der Waals surface area contributed by atoms with Gasteiger partial charge in [0, 0.05) is 5.54 Å². The second-order valence-corrected chi connectivity index (χ2v) is 3.65. The molecule has 0 N–H and O–H groups in total. The fourth-order valence-electron chi connectivity index (χ4n) is 0.938. The molecule has 0 radical (unpaired) electrons. The molecule has 0 aliphatic heterocycles. The highest BCUT2D eigenvalue weighted by Crippen LogP contribution is 2.33. The molecule has 4 nitrogen and oxygen atoms in total. The Hall–Kier alpha value is -0.740. The summed E-state index contributed by atoms with van der Waals surface area (Å²) in [6.45, 7) is 4.84. The van der Waals surface area contributed by atoms with Crippen molar-refractivity contribution in [2.75, 3.05) is 13.2 Å². The number of rotatable bonds is 5.